The Hall–Kier alpha value is -1.28. The first kappa shape index (κ1) is 12.7. The zero-order chi connectivity index (χ0) is 13.2. The molecule has 0 radical (unpaired) electrons. The van der Waals surface area contributed by atoms with Crippen LogP contribution in [0.25, 0.3) is 10.8 Å². The fourth-order valence-electron chi connectivity index (χ4n) is 2.74. The quantitative estimate of drug-likeness (QED) is 0.777. The Morgan fingerprint density at radius 1 is 1.32 bits per heavy atom. The molecule has 1 fully saturated rings. The minimum Gasteiger partial charge on any atom is -0.359 e. The van der Waals surface area contributed by atoms with Crippen LogP contribution in [0.15, 0.2) is 30.3 Å². The summed E-state index contributed by atoms with van der Waals surface area (Å²) in [6, 6.07) is 10.5. The number of nitrogens with zero attached hydrogens (tertiary/aromatic N) is 2. The van der Waals surface area contributed by atoms with E-state index in [1.54, 1.807) is 0 Å². The largest absolute Gasteiger partial charge is 0.359 e. The number of hydrogen-bond donors (Lipinski definition) is 0. The first-order valence-electron chi connectivity index (χ1n) is 6.93. The lowest BCUT2D eigenvalue weighted by Gasteiger charge is -2.31. The molecule has 0 spiro atoms. The van der Waals surface area contributed by atoms with Gasteiger partial charge in [-0.2, -0.15) is 0 Å². The third-order valence-corrected chi connectivity index (χ3v) is 4.30. The van der Waals surface area contributed by atoms with E-state index in [1.165, 1.54) is 30.0 Å². The van der Waals surface area contributed by atoms with Crippen molar-refractivity contribution in [3.05, 3.63) is 36.0 Å². The molecule has 1 heterocycles. The fourth-order valence-corrected chi connectivity index (χ4v) is 2.88. The highest BCUT2D eigenvalue weighted by Gasteiger charge is 2.20. The molecule has 1 saturated carbocycles. The van der Waals surface area contributed by atoms with E-state index >= 15 is 0 Å². The van der Waals surface area contributed by atoms with Crippen LogP contribution in [0.5, 0.6) is 0 Å². The number of alkyl halides is 1. The van der Waals surface area contributed by atoms with Gasteiger partial charge >= 0.3 is 0 Å². The van der Waals surface area contributed by atoms with Gasteiger partial charge in [-0.1, -0.05) is 30.7 Å². The molecule has 0 unspecified atom stereocenters. The molecule has 0 atom stereocenters. The predicted molar refractivity (Wildman–Crippen MR) is 81.9 cm³/mol. The summed E-state index contributed by atoms with van der Waals surface area (Å²) in [5.41, 5.74) is 0.954. The summed E-state index contributed by atoms with van der Waals surface area (Å²) in [4.78, 5) is 7.02. The topological polar surface area (TPSA) is 16.1 Å². The Kier molecular flexibility index (Phi) is 3.61. The van der Waals surface area contributed by atoms with Crippen LogP contribution in [-0.4, -0.2) is 18.6 Å². The average Bonchev–Trinajstić information content (AvgIpc) is 2.41. The maximum Gasteiger partial charge on any atom is 0.136 e. The van der Waals surface area contributed by atoms with Crippen molar-refractivity contribution in [1.29, 1.82) is 0 Å². The summed E-state index contributed by atoms with van der Waals surface area (Å²) in [7, 11) is 2.14. The molecule has 2 aromatic rings. The number of rotatable bonds is 4. The molecule has 3 heteroatoms. The molecule has 1 aliphatic rings. The van der Waals surface area contributed by atoms with Crippen molar-refractivity contribution in [3.8, 4) is 0 Å². The minimum absolute atomic E-state index is 0.467. The van der Waals surface area contributed by atoms with Crippen LogP contribution in [0, 0.1) is 5.92 Å². The van der Waals surface area contributed by atoms with E-state index in [-0.39, 0.29) is 0 Å². The highest BCUT2D eigenvalue weighted by molar-refractivity contribution is 6.17. The lowest BCUT2D eigenvalue weighted by Crippen LogP contribution is -2.30. The van der Waals surface area contributed by atoms with Crippen LogP contribution in [0.4, 0.5) is 5.82 Å². The zero-order valence-electron chi connectivity index (χ0n) is 11.3. The van der Waals surface area contributed by atoms with E-state index in [1.807, 2.05) is 0 Å². The molecule has 3 rings (SSSR count). The van der Waals surface area contributed by atoms with Gasteiger partial charge < -0.3 is 4.90 Å². The highest BCUT2D eigenvalue weighted by atomic mass is 35.5. The van der Waals surface area contributed by atoms with Gasteiger partial charge in [0.05, 0.1) is 11.6 Å². The van der Waals surface area contributed by atoms with Gasteiger partial charge in [-0.3, -0.25) is 0 Å². The van der Waals surface area contributed by atoms with Crippen molar-refractivity contribution in [1.82, 2.24) is 4.98 Å². The van der Waals surface area contributed by atoms with Crippen molar-refractivity contribution < 1.29 is 0 Å². The third-order valence-electron chi connectivity index (χ3n) is 4.03. The second-order valence-electron chi connectivity index (χ2n) is 5.47. The summed E-state index contributed by atoms with van der Waals surface area (Å²) < 4.78 is 0. The molecule has 1 aromatic heterocycles. The number of hydrogen-bond acceptors (Lipinski definition) is 2. The molecular formula is C16H19ClN2. The van der Waals surface area contributed by atoms with Gasteiger partial charge in [0.1, 0.15) is 5.82 Å². The number of fused-ring (bicyclic) bond motifs is 1. The molecule has 0 amide bonds. The van der Waals surface area contributed by atoms with Crippen LogP contribution >= 0.6 is 11.6 Å². The summed E-state index contributed by atoms with van der Waals surface area (Å²) in [6.07, 6.45) is 4.10. The fraction of sp³-hybridized carbons (Fsp3) is 0.438. The third kappa shape index (κ3) is 2.55. The molecule has 19 heavy (non-hydrogen) atoms. The van der Waals surface area contributed by atoms with Gasteiger partial charge in [0.2, 0.25) is 0 Å². The van der Waals surface area contributed by atoms with Crippen LogP contribution < -0.4 is 4.90 Å². The van der Waals surface area contributed by atoms with Crippen LogP contribution in [-0.2, 0) is 5.88 Å². The molecule has 100 valence electrons. The van der Waals surface area contributed by atoms with E-state index < -0.39 is 0 Å². The maximum absolute atomic E-state index is 5.97. The molecule has 1 aromatic carbocycles. The standard InChI is InChI=1S/C16H19ClN2/c1-19(11-12-5-4-6-12)16-15-8-3-2-7-13(15)9-14(10-17)18-16/h2-3,7-9,12H,4-6,10-11H2,1H3. The van der Waals surface area contributed by atoms with E-state index in [0.29, 0.717) is 5.88 Å². The van der Waals surface area contributed by atoms with Crippen molar-refractivity contribution in [3.63, 3.8) is 0 Å². The summed E-state index contributed by atoms with van der Waals surface area (Å²) >= 11 is 5.97. The molecule has 0 aliphatic heterocycles. The second kappa shape index (κ2) is 5.38. The van der Waals surface area contributed by atoms with Crippen molar-refractivity contribution in [2.45, 2.75) is 25.1 Å². The summed E-state index contributed by atoms with van der Waals surface area (Å²) in [5.74, 6) is 2.38. The Balaban J connectivity index is 1.99. The number of pyridine rings is 1. The normalized spacial score (nSPS) is 15.5. The molecular weight excluding hydrogens is 256 g/mol. The number of benzene rings is 1. The van der Waals surface area contributed by atoms with E-state index in [0.717, 1.165) is 24.0 Å². The van der Waals surface area contributed by atoms with Crippen molar-refractivity contribution in [2.75, 3.05) is 18.5 Å². The van der Waals surface area contributed by atoms with Gasteiger partial charge in [0.15, 0.2) is 0 Å². The first-order chi connectivity index (χ1) is 9.28. The molecule has 2 nitrogen and oxygen atoms in total. The van der Waals surface area contributed by atoms with Crippen LogP contribution in [0.2, 0.25) is 0 Å². The molecule has 0 N–H and O–H groups in total. The SMILES string of the molecule is CN(CC1CCC1)c1nc(CCl)cc2ccccc12. The summed E-state index contributed by atoms with van der Waals surface area (Å²) in [5, 5.41) is 2.45. The van der Waals surface area contributed by atoms with Gasteiger partial charge in [-0.15, -0.1) is 11.6 Å². The smallest absolute Gasteiger partial charge is 0.136 e. The van der Waals surface area contributed by atoms with Gasteiger partial charge in [-0.05, 0) is 30.2 Å². The van der Waals surface area contributed by atoms with Crippen molar-refractivity contribution >= 4 is 28.2 Å². The van der Waals surface area contributed by atoms with E-state index in [4.69, 9.17) is 16.6 Å². The van der Waals surface area contributed by atoms with Gasteiger partial charge in [-0.25, -0.2) is 4.98 Å². The van der Waals surface area contributed by atoms with E-state index in [2.05, 4.69) is 42.3 Å². The molecule has 1 aliphatic carbocycles. The minimum atomic E-state index is 0.467. The van der Waals surface area contributed by atoms with Gasteiger partial charge in [0.25, 0.3) is 0 Å². The monoisotopic (exact) mass is 274 g/mol. The van der Waals surface area contributed by atoms with E-state index in [9.17, 15) is 0 Å². The Bertz CT molecular complexity index is 578. The first-order valence-corrected chi connectivity index (χ1v) is 7.47. The number of halogens is 1. The van der Waals surface area contributed by atoms with Crippen molar-refractivity contribution in [2.24, 2.45) is 5.92 Å². The Morgan fingerprint density at radius 3 is 2.79 bits per heavy atom. The number of anilines is 1. The molecule has 0 bridgehead atoms. The lowest BCUT2D eigenvalue weighted by atomic mass is 9.85. The Labute approximate surface area is 119 Å². The molecule has 0 saturated heterocycles. The van der Waals surface area contributed by atoms with Gasteiger partial charge in [0, 0.05) is 19.0 Å². The number of aromatic nitrogens is 1. The second-order valence-corrected chi connectivity index (χ2v) is 5.74. The lowest BCUT2D eigenvalue weighted by molar-refractivity contribution is 0.321. The highest BCUT2D eigenvalue weighted by Crippen LogP contribution is 2.31. The Morgan fingerprint density at radius 2 is 2.11 bits per heavy atom. The average molecular weight is 275 g/mol. The maximum atomic E-state index is 5.97. The summed E-state index contributed by atoms with van der Waals surface area (Å²) in [6.45, 7) is 1.10. The van der Waals surface area contributed by atoms with Crippen LogP contribution in [0.1, 0.15) is 25.0 Å². The van der Waals surface area contributed by atoms with Crippen LogP contribution in [0.3, 0.4) is 0 Å². The zero-order valence-corrected chi connectivity index (χ0v) is 12.0. The predicted octanol–water partition coefficient (Wildman–Crippen LogP) is 4.21.